The highest BCUT2D eigenvalue weighted by atomic mass is 16.6. The van der Waals surface area contributed by atoms with Crippen molar-refractivity contribution >= 4 is 11.4 Å². The van der Waals surface area contributed by atoms with Gasteiger partial charge in [0.15, 0.2) is 0 Å². The van der Waals surface area contributed by atoms with Crippen LogP contribution in [0, 0.1) is 10.1 Å². The Morgan fingerprint density at radius 1 is 1.30 bits per heavy atom. The molecular formula is C21H30N4O5. The van der Waals surface area contributed by atoms with Crippen molar-refractivity contribution in [3.8, 4) is 11.5 Å². The van der Waals surface area contributed by atoms with Gasteiger partial charge in [0.1, 0.15) is 12.0 Å². The molecule has 1 aromatic carbocycles. The van der Waals surface area contributed by atoms with E-state index in [-0.39, 0.29) is 24.4 Å². The Morgan fingerprint density at radius 2 is 2.13 bits per heavy atom. The zero-order valence-electron chi connectivity index (χ0n) is 17.1. The first kappa shape index (κ1) is 22.2. The SMILES string of the molecule is O=[N+]([O-])c1cc(-c2ncco2)ccc1NCCCCCCN1CCC(O)CC1CO. The Labute approximate surface area is 175 Å². The lowest BCUT2D eigenvalue weighted by molar-refractivity contribution is -0.383. The zero-order chi connectivity index (χ0) is 21.3. The van der Waals surface area contributed by atoms with Crippen LogP contribution in [0.4, 0.5) is 11.4 Å². The third kappa shape index (κ3) is 6.01. The number of aromatic nitrogens is 1. The van der Waals surface area contributed by atoms with Gasteiger partial charge in [-0.05, 0) is 44.4 Å². The highest BCUT2D eigenvalue weighted by molar-refractivity contribution is 5.69. The Balaban J connectivity index is 1.39. The number of rotatable bonds is 11. The fourth-order valence-corrected chi connectivity index (χ4v) is 3.91. The molecule has 2 heterocycles. The summed E-state index contributed by atoms with van der Waals surface area (Å²) < 4.78 is 5.21. The van der Waals surface area contributed by atoms with Crippen LogP contribution in [0.3, 0.4) is 0 Å². The molecule has 1 aromatic heterocycles. The summed E-state index contributed by atoms with van der Waals surface area (Å²) in [4.78, 5) is 17.3. The minimum absolute atomic E-state index is 0.00744. The zero-order valence-corrected chi connectivity index (χ0v) is 17.1. The first-order valence-corrected chi connectivity index (χ1v) is 10.5. The van der Waals surface area contributed by atoms with E-state index in [1.807, 2.05) is 0 Å². The number of benzene rings is 1. The van der Waals surface area contributed by atoms with Crippen LogP contribution in [-0.4, -0.2) is 63.4 Å². The van der Waals surface area contributed by atoms with Crippen LogP contribution in [0.25, 0.3) is 11.5 Å². The predicted molar refractivity (Wildman–Crippen MR) is 113 cm³/mol. The van der Waals surface area contributed by atoms with Crippen molar-refractivity contribution < 1.29 is 19.6 Å². The molecule has 1 aliphatic rings. The smallest absolute Gasteiger partial charge is 0.293 e. The molecule has 0 bridgehead atoms. The number of likely N-dealkylation sites (tertiary alicyclic amines) is 1. The van der Waals surface area contributed by atoms with Crippen LogP contribution in [0.2, 0.25) is 0 Å². The molecule has 1 saturated heterocycles. The van der Waals surface area contributed by atoms with Crippen molar-refractivity contribution in [3.05, 3.63) is 40.8 Å². The van der Waals surface area contributed by atoms with Gasteiger partial charge in [-0.2, -0.15) is 0 Å². The molecule has 0 saturated carbocycles. The van der Waals surface area contributed by atoms with E-state index >= 15 is 0 Å². The molecule has 0 amide bonds. The highest BCUT2D eigenvalue weighted by Crippen LogP contribution is 2.30. The molecule has 30 heavy (non-hydrogen) atoms. The van der Waals surface area contributed by atoms with Gasteiger partial charge in [0.05, 0.1) is 23.8 Å². The van der Waals surface area contributed by atoms with Crippen molar-refractivity contribution in [2.45, 2.75) is 50.7 Å². The molecule has 1 fully saturated rings. The number of oxazole rings is 1. The van der Waals surface area contributed by atoms with E-state index in [4.69, 9.17) is 4.42 Å². The molecule has 0 radical (unpaired) electrons. The average Bonchev–Trinajstić information content (AvgIpc) is 3.28. The number of hydrogen-bond acceptors (Lipinski definition) is 8. The number of unbranched alkanes of at least 4 members (excludes halogenated alkanes) is 3. The van der Waals surface area contributed by atoms with Gasteiger partial charge >= 0.3 is 0 Å². The topological polar surface area (TPSA) is 125 Å². The van der Waals surface area contributed by atoms with Crippen molar-refractivity contribution in [1.29, 1.82) is 0 Å². The van der Waals surface area contributed by atoms with Gasteiger partial charge in [0.2, 0.25) is 5.89 Å². The molecular weight excluding hydrogens is 388 g/mol. The second kappa shape index (κ2) is 11.1. The molecule has 2 atom stereocenters. The first-order chi connectivity index (χ1) is 14.6. The summed E-state index contributed by atoms with van der Waals surface area (Å²) in [5, 5.41) is 33.8. The van der Waals surface area contributed by atoms with Gasteiger partial charge in [0.25, 0.3) is 5.69 Å². The molecule has 164 valence electrons. The Hall–Kier alpha value is -2.49. The van der Waals surface area contributed by atoms with E-state index in [0.717, 1.165) is 45.2 Å². The normalized spacial score (nSPS) is 19.7. The van der Waals surface area contributed by atoms with Crippen LogP contribution in [-0.2, 0) is 0 Å². The third-order valence-corrected chi connectivity index (χ3v) is 5.58. The Morgan fingerprint density at radius 3 is 2.87 bits per heavy atom. The number of aliphatic hydroxyl groups excluding tert-OH is 2. The van der Waals surface area contributed by atoms with Crippen molar-refractivity contribution in [3.63, 3.8) is 0 Å². The van der Waals surface area contributed by atoms with Gasteiger partial charge in [0, 0.05) is 30.8 Å². The number of nitrogens with one attached hydrogen (secondary N) is 1. The molecule has 0 aliphatic carbocycles. The van der Waals surface area contributed by atoms with Crippen LogP contribution < -0.4 is 5.32 Å². The molecule has 9 nitrogen and oxygen atoms in total. The first-order valence-electron chi connectivity index (χ1n) is 10.5. The molecule has 3 N–H and O–H groups in total. The minimum Gasteiger partial charge on any atom is -0.445 e. The summed E-state index contributed by atoms with van der Waals surface area (Å²) in [7, 11) is 0. The number of nitro groups is 1. The van der Waals surface area contributed by atoms with E-state index in [9.17, 15) is 20.3 Å². The Bertz CT molecular complexity index is 799. The lowest BCUT2D eigenvalue weighted by Crippen LogP contribution is -2.46. The van der Waals surface area contributed by atoms with E-state index in [1.54, 1.807) is 12.1 Å². The number of hydrogen-bond donors (Lipinski definition) is 3. The van der Waals surface area contributed by atoms with Gasteiger partial charge in [-0.15, -0.1) is 0 Å². The van der Waals surface area contributed by atoms with E-state index in [1.165, 1.54) is 18.5 Å². The number of nitro benzene ring substituents is 1. The number of aliphatic hydroxyl groups is 2. The van der Waals surface area contributed by atoms with Crippen molar-refractivity contribution in [2.24, 2.45) is 0 Å². The molecule has 2 unspecified atom stereocenters. The maximum Gasteiger partial charge on any atom is 0.293 e. The van der Waals surface area contributed by atoms with Gasteiger partial charge in [-0.3, -0.25) is 15.0 Å². The fourth-order valence-electron chi connectivity index (χ4n) is 3.91. The number of piperidine rings is 1. The summed E-state index contributed by atoms with van der Waals surface area (Å²) in [6.45, 7) is 2.52. The molecule has 1 aliphatic heterocycles. The maximum absolute atomic E-state index is 11.4. The number of nitrogens with zero attached hydrogens (tertiary/aromatic N) is 3. The lowest BCUT2D eigenvalue weighted by Gasteiger charge is -2.36. The van der Waals surface area contributed by atoms with Crippen LogP contribution in [0.15, 0.2) is 35.1 Å². The predicted octanol–water partition coefficient (Wildman–Crippen LogP) is 3.04. The summed E-state index contributed by atoms with van der Waals surface area (Å²) in [5.41, 5.74) is 1.07. The van der Waals surface area contributed by atoms with Crippen LogP contribution >= 0.6 is 0 Å². The standard InChI is InChI=1S/C21H30N4O5/c26-15-17-14-18(27)7-11-24(17)10-4-2-1-3-8-22-19-6-5-16(13-20(19)25(28)29)21-23-9-12-30-21/h5-6,9,12-13,17-18,22,26-27H,1-4,7-8,10-11,14-15H2. The fraction of sp³-hybridized carbons (Fsp3) is 0.571. The van der Waals surface area contributed by atoms with Crippen LogP contribution in [0.1, 0.15) is 38.5 Å². The highest BCUT2D eigenvalue weighted by Gasteiger charge is 2.26. The quantitative estimate of drug-likeness (QED) is 0.289. The number of anilines is 1. The van der Waals surface area contributed by atoms with Gasteiger partial charge < -0.3 is 19.9 Å². The van der Waals surface area contributed by atoms with E-state index in [0.29, 0.717) is 30.1 Å². The second-order valence-electron chi connectivity index (χ2n) is 7.72. The minimum atomic E-state index is -0.401. The Kier molecular flexibility index (Phi) is 8.18. The summed E-state index contributed by atoms with van der Waals surface area (Å²) in [6.07, 6.45) is 8.11. The molecule has 9 heteroatoms. The summed E-state index contributed by atoms with van der Waals surface area (Å²) in [6, 6.07) is 4.99. The second-order valence-corrected chi connectivity index (χ2v) is 7.72. The van der Waals surface area contributed by atoms with E-state index in [2.05, 4.69) is 15.2 Å². The molecule has 2 aromatic rings. The van der Waals surface area contributed by atoms with Crippen LogP contribution in [0.5, 0.6) is 0 Å². The lowest BCUT2D eigenvalue weighted by atomic mass is 9.99. The maximum atomic E-state index is 11.4. The van der Waals surface area contributed by atoms with Crippen molar-refractivity contribution in [2.75, 3.05) is 31.6 Å². The monoisotopic (exact) mass is 418 g/mol. The third-order valence-electron chi connectivity index (χ3n) is 5.58. The summed E-state index contributed by atoms with van der Waals surface area (Å²) in [5.74, 6) is 0.358. The van der Waals surface area contributed by atoms with Gasteiger partial charge in [-0.1, -0.05) is 12.8 Å². The largest absolute Gasteiger partial charge is 0.445 e. The average molecular weight is 418 g/mol. The van der Waals surface area contributed by atoms with Crippen molar-refractivity contribution in [1.82, 2.24) is 9.88 Å². The molecule has 0 spiro atoms. The van der Waals surface area contributed by atoms with E-state index < -0.39 is 4.92 Å². The summed E-state index contributed by atoms with van der Waals surface area (Å²) >= 11 is 0. The molecule has 3 rings (SSSR count). The van der Waals surface area contributed by atoms with Gasteiger partial charge in [-0.25, -0.2) is 4.98 Å².